The number of carboxylic acid groups (broad SMARTS) is 1. The molecule has 0 aliphatic heterocycles. The minimum Gasteiger partial charge on any atom is -0.481 e. The fourth-order valence-electron chi connectivity index (χ4n) is 2.28. The molecule has 5 N–H and O–H groups in total. The highest BCUT2D eigenvalue weighted by atomic mass is 32.2. The minimum absolute atomic E-state index is 0. The van der Waals surface area contributed by atoms with E-state index in [4.69, 9.17) is 9.66 Å². The van der Waals surface area contributed by atoms with Gasteiger partial charge in [-0.25, -0.2) is 0 Å². The van der Waals surface area contributed by atoms with Gasteiger partial charge in [0.2, 0.25) is 0 Å². The van der Waals surface area contributed by atoms with Crippen molar-refractivity contribution in [1.29, 1.82) is 0 Å². The summed E-state index contributed by atoms with van der Waals surface area (Å²) in [5, 5.41) is 6.26. The predicted molar refractivity (Wildman–Crippen MR) is 95.6 cm³/mol. The Morgan fingerprint density at radius 2 is 1.38 bits per heavy atom. The Morgan fingerprint density at radius 3 is 1.81 bits per heavy atom. The van der Waals surface area contributed by atoms with Crippen LogP contribution >= 0.6 is 0 Å². The van der Waals surface area contributed by atoms with E-state index in [-0.39, 0.29) is 12.6 Å². The van der Waals surface area contributed by atoms with E-state index in [0.717, 1.165) is 25.7 Å². The molecular weight excluding hydrogens is 366 g/mol. The maximum Gasteiger partial charge on any atom is 0.335 e. The number of ether oxygens (including phenoxy) is 1. The lowest BCUT2D eigenvalue weighted by Crippen LogP contribution is -2.35. The Hall–Kier alpha value is -1.52. The normalized spacial score (nSPS) is 12.1. The third kappa shape index (κ3) is 13.7. The molecule has 0 aliphatic carbocycles. The molecule has 0 heterocycles. The molecule has 0 aromatic rings. The van der Waals surface area contributed by atoms with Gasteiger partial charge in [-0.2, -0.15) is 8.42 Å². The molecule has 9 nitrogen and oxygen atoms in total. The molecule has 1 atom stereocenters. The van der Waals surface area contributed by atoms with Crippen LogP contribution in [-0.2, 0) is 29.2 Å². The summed E-state index contributed by atoms with van der Waals surface area (Å²) in [7, 11) is -4.95. The highest BCUT2D eigenvalue weighted by molar-refractivity contribution is 7.87. The Kier molecular flexibility index (Phi) is 15.0. The number of hydrogen-bond acceptors (Lipinski definition) is 7. The number of carbonyl (C=O) groups excluding carboxylic acids is 2. The summed E-state index contributed by atoms with van der Waals surface area (Å²) in [4.78, 5) is 33.6. The molecule has 10 heteroatoms. The van der Waals surface area contributed by atoms with Gasteiger partial charge in [0.1, 0.15) is 0 Å². The molecule has 0 bridgehead atoms. The van der Waals surface area contributed by atoms with Crippen molar-refractivity contribution in [2.45, 2.75) is 82.8 Å². The van der Waals surface area contributed by atoms with Gasteiger partial charge in [0.25, 0.3) is 10.1 Å². The molecule has 0 rings (SSSR count). The third-order valence-electron chi connectivity index (χ3n) is 3.68. The van der Waals surface area contributed by atoms with Crippen molar-refractivity contribution < 1.29 is 37.2 Å². The lowest BCUT2D eigenvalue weighted by Gasteiger charge is -2.10. The first-order valence-corrected chi connectivity index (χ1v) is 10.1. The Labute approximate surface area is 154 Å². The Balaban J connectivity index is 0. The summed E-state index contributed by atoms with van der Waals surface area (Å²) in [6.07, 6.45) is 8.11. The Morgan fingerprint density at radius 1 is 0.923 bits per heavy atom. The molecule has 154 valence electrons. The van der Waals surface area contributed by atoms with E-state index in [1.54, 1.807) is 0 Å². The van der Waals surface area contributed by atoms with Crippen molar-refractivity contribution in [3.63, 3.8) is 0 Å². The molecule has 1 unspecified atom stereocenters. The van der Waals surface area contributed by atoms with E-state index in [0.29, 0.717) is 6.42 Å². The summed E-state index contributed by atoms with van der Waals surface area (Å²) < 4.78 is 35.2. The maximum atomic E-state index is 11.6. The number of carbonyl (C=O) groups is 3. The molecular formula is C16H31NO8S. The van der Waals surface area contributed by atoms with Crippen LogP contribution in [-0.4, -0.2) is 41.2 Å². The van der Waals surface area contributed by atoms with Crippen LogP contribution in [0.4, 0.5) is 0 Å². The van der Waals surface area contributed by atoms with E-state index in [2.05, 4.69) is 11.7 Å². The van der Waals surface area contributed by atoms with Gasteiger partial charge in [0.15, 0.2) is 5.25 Å². The van der Waals surface area contributed by atoms with Gasteiger partial charge in [-0.15, -0.1) is 0 Å². The first-order valence-electron chi connectivity index (χ1n) is 8.61. The van der Waals surface area contributed by atoms with E-state index in [9.17, 15) is 22.8 Å². The maximum absolute atomic E-state index is 11.6. The van der Waals surface area contributed by atoms with E-state index >= 15 is 0 Å². The van der Waals surface area contributed by atoms with Crippen LogP contribution in [0.25, 0.3) is 0 Å². The zero-order chi connectivity index (χ0) is 19.3. The Bertz CT molecular complexity index is 532. The van der Waals surface area contributed by atoms with Crippen molar-refractivity contribution in [2.24, 2.45) is 0 Å². The quantitative estimate of drug-likeness (QED) is 0.172. The number of unbranched alkanes of at least 4 members (excludes halogenated alkanes) is 8. The van der Waals surface area contributed by atoms with Crippen LogP contribution in [0.5, 0.6) is 0 Å². The van der Waals surface area contributed by atoms with Gasteiger partial charge in [0, 0.05) is 6.42 Å². The van der Waals surface area contributed by atoms with Crippen molar-refractivity contribution in [2.75, 3.05) is 0 Å². The average Bonchev–Trinajstić information content (AvgIpc) is 2.49. The zero-order valence-corrected chi connectivity index (χ0v) is 16.1. The van der Waals surface area contributed by atoms with Crippen molar-refractivity contribution in [1.82, 2.24) is 6.15 Å². The van der Waals surface area contributed by atoms with E-state index in [1.807, 2.05) is 0 Å². The van der Waals surface area contributed by atoms with Gasteiger partial charge < -0.3 is 16.0 Å². The molecule has 0 saturated heterocycles. The van der Waals surface area contributed by atoms with Crippen LogP contribution in [0, 0.1) is 0 Å². The molecule has 0 aliphatic rings. The summed E-state index contributed by atoms with van der Waals surface area (Å²) in [6.45, 7) is 2.16. The number of esters is 2. The van der Waals surface area contributed by atoms with Gasteiger partial charge in [-0.1, -0.05) is 58.3 Å². The van der Waals surface area contributed by atoms with E-state index in [1.165, 1.54) is 25.7 Å². The van der Waals surface area contributed by atoms with E-state index < -0.39 is 39.7 Å². The summed E-state index contributed by atoms with van der Waals surface area (Å²) >= 11 is 0. The van der Waals surface area contributed by atoms with Crippen molar-refractivity contribution in [3.8, 4) is 0 Å². The molecule has 0 aromatic heterocycles. The van der Waals surface area contributed by atoms with Gasteiger partial charge >= 0.3 is 17.9 Å². The number of hydrogen-bond donors (Lipinski definition) is 3. The minimum atomic E-state index is -4.95. The lowest BCUT2D eigenvalue weighted by molar-refractivity contribution is -0.160. The SMILES string of the molecule is CCCCCCCCCCCC(=O)OC(=O)C(CC(=O)O)S(=O)(=O)O.N. The van der Waals surface area contributed by atoms with Gasteiger partial charge in [-0.3, -0.25) is 18.9 Å². The van der Waals surface area contributed by atoms with Crippen LogP contribution < -0.4 is 6.15 Å². The smallest absolute Gasteiger partial charge is 0.335 e. The summed E-state index contributed by atoms with van der Waals surface area (Å²) in [5.74, 6) is -4.09. The van der Waals surface area contributed by atoms with Gasteiger partial charge in [-0.05, 0) is 6.42 Å². The second-order valence-electron chi connectivity index (χ2n) is 5.97. The molecule has 0 spiro atoms. The highest BCUT2D eigenvalue weighted by Crippen LogP contribution is 2.12. The van der Waals surface area contributed by atoms with Crippen molar-refractivity contribution >= 4 is 28.0 Å². The molecule has 0 radical (unpaired) electrons. The predicted octanol–water partition coefficient (Wildman–Crippen LogP) is 2.87. The zero-order valence-electron chi connectivity index (χ0n) is 15.3. The second kappa shape index (κ2) is 14.6. The second-order valence-corrected chi connectivity index (χ2v) is 7.57. The fourth-order valence-corrected chi connectivity index (χ4v) is 2.92. The first kappa shape index (κ1) is 26.7. The molecule has 0 saturated carbocycles. The summed E-state index contributed by atoms with van der Waals surface area (Å²) in [6, 6.07) is 0. The lowest BCUT2D eigenvalue weighted by atomic mass is 10.1. The fraction of sp³-hybridized carbons (Fsp3) is 0.812. The highest BCUT2D eigenvalue weighted by Gasteiger charge is 2.36. The van der Waals surface area contributed by atoms with Crippen LogP contribution in [0.2, 0.25) is 0 Å². The topological polar surface area (TPSA) is 170 Å². The van der Waals surface area contributed by atoms with Crippen molar-refractivity contribution in [3.05, 3.63) is 0 Å². The molecule has 0 aromatic carbocycles. The molecule has 26 heavy (non-hydrogen) atoms. The molecule has 0 amide bonds. The summed E-state index contributed by atoms with van der Waals surface area (Å²) in [5.41, 5.74) is 0. The number of rotatable bonds is 14. The van der Waals surface area contributed by atoms with Crippen LogP contribution in [0.1, 0.15) is 77.6 Å². The number of carboxylic acids is 1. The largest absolute Gasteiger partial charge is 0.481 e. The van der Waals surface area contributed by atoms with Crippen LogP contribution in [0.3, 0.4) is 0 Å². The monoisotopic (exact) mass is 397 g/mol. The molecule has 0 fully saturated rings. The van der Waals surface area contributed by atoms with Crippen LogP contribution in [0.15, 0.2) is 0 Å². The van der Waals surface area contributed by atoms with Gasteiger partial charge in [0.05, 0.1) is 6.42 Å². The standard InChI is InChI=1S/C16H28O8S.H3N/c1-2-3-4-5-6-7-8-9-10-11-15(19)24-16(20)13(12-14(17)18)25(21,22)23;/h13H,2-12H2,1H3,(H,17,18)(H,21,22,23);1H3. The third-order valence-corrected chi connectivity index (χ3v) is 4.76. The average molecular weight is 397 g/mol. The number of aliphatic carboxylic acids is 1. The first-order chi connectivity index (χ1) is 11.7.